The van der Waals surface area contributed by atoms with E-state index in [9.17, 15) is 0 Å². The lowest BCUT2D eigenvalue weighted by molar-refractivity contribution is 0.525. The molecule has 0 rings (SSSR count). The van der Waals surface area contributed by atoms with Crippen LogP contribution in [0.1, 0.15) is 130 Å². The molecule has 23 heavy (non-hydrogen) atoms. The summed E-state index contributed by atoms with van der Waals surface area (Å²) in [6, 6.07) is 0. The molecule has 0 aliphatic heterocycles. The van der Waals surface area contributed by atoms with Gasteiger partial charge in [0.15, 0.2) is 0 Å². The summed E-state index contributed by atoms with van der Waals surface area (Å²) in [5.74, 6) is 0.791. The molecule has 1 atom stereocenters. The summed E-state index contributed by atoms with van der Waals surface area (Å²) in [5, 5.41) is 0. The van der Waals surface area contributed by atoms with Crippen LogP contribution in [-0.2, 0) is 0 Å². The van der Waals surface area contributed by atoms with Gasteiger partial charge in [0.1, 0.15) is 0 Å². The Balaban J connectivity index is 3.22. The largest absolute Gasteiger partial charge is 0.0883 e. The standard InChI is InChI=1S/C23H46/c1-4-6-8-10-12-13-14-16-18-20-22-23(3)21-19-17-15-11-9-7-5-2/h19,21,23H,4-18,20,22H2,1-3H3/b21-19+. The van der Waals surface area contributed by atoms with Crippen LogP contribution < -0.4 is 0 Å². The average molecular weight is 323 g/mol. The topological polar surface area (TPSA) is 0 Å². The highest BCUT2D eigenvalue weighted by Gasteiger charge is 1.97. The molecule has 0 heteroatoms. The molecule has 0 aromatic carbocycles. The fraction of sp³-hybridized carbons (Fsp3) is 0.913. The van der Waals surface area contributed by atoms with Gasteiger partial charge in [0.05, 0.1) is 0 Å². The Labute approximate surface area is 148 Å². The maximum atomic E-state index is 2.47. The molecule has 0 amide bonds. The third kappa shape index (κ3) is 19.7. The quantitative estimate of drug-likeness (QED) is 0.174. The second-order valence-corrected chi connectivity index (χ2v) is 7.58. The molecule has 0 N–H and O–H groups in total. The van der Waals surface area contributed by atoms with Gasteiger partial charge >= 0.3 is 0 Å². The highest BCUT2D eigenvalue weighted by atomic mass is 14.0. The third-order valence-electron chi connectivity index (χ3n) is 4.95. The van der Waals surface area contributed by atoms with Gasteiger partial charge in [0.2, 0.25) is 0 Å². The van der Waals surface area contributed by atoms with E-state index in [1.54, 1.807) is 0 Å². The van der Waals surface area contributed by atoms with E-state index in [0.717, 1.165) is 5.92 Å². The smallest absolute Gasteiger partial charge is 0.0262 e. The molecule has 0 aromatic heterocycles. The molecule has 0 bridgehead atoms. The lowest BCUT2D eigenvalue weighted by Gasteiger charge is -2.06. The normalized spacial score (nSPS) is 13.0. The molecule has 138 valence electrons. The fourth-order valence-electron chi connectivity index (χ4n) is 3.24. The molecule has 0 fully saturated rings. The van der Waals surface area contributed by atoms with E-state index in [4.69, 9.17) is 0 Å². The molecule has 1 unspecified atom stereocenters. The van der Waals surface area contributed by atoms with Crippen molar-refractivity contribution in [2.75, 3.05) is 0 Å². The third-order valence-corrected chi connectivity index (χ3v) is 4.95. The average Bonchev–Trinajstić information content (AvgIpc) is 2.55. The van der Waals surface area contributed by atoms with Gasteiger partial charge in [-0.05, 0) is 25.2 Å². The van der Waals surface area contributed by atoms with Crippen LogP contribution in [0.25, 0.3) is 0 Å². The SMILES string of the molecule is CCCCCCC/C=C/C(C)CCCCCCCCCCCC. The van der Waals surface area contributed by atoms with Crippen molar-refractivity contribution in [3.63, 3.8) is 0 Å². The Morgan fingerprint density at radius 3 is 1.52 bits per heavy atom. The van der Waals surface area contributed by atoms with Crippen LogP contribution >= 0.6 is 0 Å². The minimum Gasteiger partial charge on any atom is -0.0883 e. The van der Waals surface area contributed by atoms with Gasteiger partial charge in [-0.25, -0.2) is 0 Å². The molecule has 0 saturated heterocycles. The van der Waals surface area contributed by atoms with Crippen molar-refractivity contribution in [1.29, 1.82) is 0 Å². The summed E-state index contributed by atoms with van der Waals surface area (Å²) < 4.78 is 0. The van der Waals surface area contributed by atoms with Crippen molar-refractivity contribution >= 4 is 0 Å². The summed E-state index contributed by atoms with van der Waals surface area (Å²) in [4.78, 5) is 0. The Kier molecular flexibility index (Phi) is 19.6. The number of unbranched alkanes of at least 4 members (excludes halogenated alkanes) is 14. The number of hydrogen-bond donors (Lipinski definition) is 0. The molecule has 0 nitrogen and oxygen atoms in total. The Morgan fingerprint density at radius 1 is 0.565 bits per heavy atom. The first kappa shape index (κ1) is 22.7. The number of rotatable bonds is 18. The zero-order valence-electron chi connectivity index (χ0n) is 16.8. The van der Waals surface area contributed by atoms with Crippen LogP contribution in [0.15, 0.2) is 12.2 Å². The van der Waals surface area contributed by atoms with Crippen LogP contribution in [0, 0.1) is 5.92 Å². The van der Waals surface area contributed by atoms with E-state index in [-0.39, 0.29) is 0 Å². The van der Waals surface area contributed by atoms with Gasteiger partial charge in [0, 0.05) is 0 Å². The second kappa shape index (κ2) is 19.8. The van der Waals surface area contributed by atoms with Crippen LogP contribution in [-0.4, -0.2) is 0 Å². The molecule has 0 aliphatic carbocycles. The maximum Gasteiger partial charge on any atom is -0.0262 e. The van der Waals surface area contributed by atoms with Crippen LogP contribution in [0.4, 0.5) is 0 Å². The van der Waals surface area contributed by atoms with Crippen molar-refractivity contribution in [1.82, 2.24) is 0 Å². The van der Waals surface area contributed by atoms with Gasteiger partial charge in [-0.3, -0.25) is 0 Å². The van der Waals surface area contributed by atoms with Crippen LogP contribution in [0.3, 0.4) is 0 Å². The van der Waals surface area contributed by atoms with Crippen molar-refractivity contribution in [2.45, 2.75) is 130 Å². The molecular formula is C23H46. The summed E-state index contributed by atoms with van der Waals surface area (Å²) in [6.07, 6.45) is 29.1. The molecule has 0 aromatic rings. The summed E-state index contributed by atoms with van der Waals surface area (Å²) in [6.45, 7) is 6.97. The molecule has 0 heterocycles. The number of allylic oxidation sites excluding steroid dienone is 2. The molecule has 0 aliphatic rings. The van der Waals surface area contributed by atoms with E-state index >= 15 is 0 Å². The van der Waals surface area contributed by atoms with Crippen LogP contribution in [0.2, 0.25) is 0 Å². The first-order chi connectivity index (χ1) is 11.3. The highest BCUT2D eigenvalue weighted by Crippen LogP contribution is 2.15. The zero-order chi connectivity index (χ0) is 17.0. The number of hydrogen-bond acceptors (Lipinski definition) is 0. The maximum absolute atomic E-state index is 2.47. The van der Waals surface area contributed by atoms with E-state index in [2.05, 4.69) is 32.9 Å². The van der Waals surface area contributed by atoms with Gasteiger partial charge < -0.3 is 0 Å². The van der Waals surface area contributed by atoms with Crippen LogP contribution in [0.5, 0.6) is 0 Å². The van der Waals surface area contributed by atoms with Crippen molar-refractivity contribution in [3.8, 4) is 0 Å². The highest BCUT2D eigenvalue weighted by molar-refractivity contribution is 4.86. The summed E-state index contributed by atoms with van der Waals surface area (Å²) in [5.41, 5.74) is 0. The van der Waals surface area contributed by atoms with Crippen molar-refractivity contribution < 1.29 is 0 Å². The summed E-state index contributed by atoms with van der Waals surface area (Å²) >= 11 is 0. The minimum absolute atomic E-state index is 0.791. The van der Waals surface area contributed by atoms with Gasteiger partial charge in [-0.15, -0.1) is 0 Å². The van der Waals surface area contributed by atoms with Gasteiger partial charge in [-0.2, -0.15) is 0 Å². The summed E-state index contributed by atoms with van der Waals surface area (Å²) in [7, 11) is 0. The first-order valence-electron chi connectivity index (χ1n) is 11.0. The molecule has 0 saturated carbocycles. The van der Waals surface area contributed by atoms with Gasteiger partial charge in [-0.1, -0.05) is 123 Å². The Morgan fingerprint density at radius 2 is 1.00 bits per heavy atom. The lowest BCUT2D eigenvalue weighted by atomic mass is 10.0. The Bertz CT molecular complexity index is 228. The van der Waals surface area contributed by atoms with E-state index in [0.29, 0.717) is 0 Å². The van der Waals surface area contributed by atoms with E-state index < -0.39 is 0 Å². The predicted molar refractivity (Wildman–Crippen MR) is 108 cm³/mol. The van der Waals surface area contributed by atoms with Crippen molar-refractivity contribution in [2.24, 2.45) is 5.92 Å². The van der Waals surface area contributed by atoms with Gasteiger partial charge in [0.25, 0.3) is 0 Å². The molecule has 0 radical (unpaired) electrons. The lowest BCUT2D eigenvalue weighted by Crippen LogP contribution is -1.90. The second-order valence-electron chi connectivity index (χ2n) is 7.58. The Hall–Kier alpha value is -0.260. The molecule has 0 spiro atoms. The minimum atomic E-state index is 0.791. The van der Waals surface area contributed by atoms with E-state index in [1.807, 2.05) is 0 Å². The fourth-order valence-corrected chi connectivity index (χ4v) is 3.24. The monoisotopic (exact) mass is 322 g/mol. The first-order valence-corrected chi connectivity index (χ1v) is 11.0. The molecular weight excluding hydrogens is 276 g/mol. The predicted octanol–water partition coefficient (Wildman–Crippen LogP) is 8.85. The van der Waals surface area contributed by atoms with Crippen molar-refractivity contribution in [3.05, 3.63) is 12.2 Å². The van der Waals surface area contributed by atoms with E-state index in [1.165, 1.54) is 109 Å². The zero-order valence-corrected chi connectivity index (χ0v) is 16.8.